The number of hydrogen-bond donors (Lipinski definition) is 0. The fourth-order valence-electron chi connectivity index (χ4n) is 1.40. The number of rotatable bonds is 8. The van der Waals surface area contributed by atoms with Crippen LogP contribution in [0.2, 0.25) is 0 Å². The molecule has 0 atom stereocenters. The van der Waals surface area contributed by atoms with Gasteiger partial charge < -0.3 is 9.47 Å². The lowest BCUT2D eigenvalue weighted by atomic mass is 10.2. The maximum absolute atomic E-state index is 10.8. The van der Waals surface area contributed by atoms with Crippen molar-refractivity contribution in [3.63, 3.8) is 0 Å². The van der Waals surface area contributed by atoms with E-state index in [0.29, 0.717) is 19.5 Å². The van der Waals surface area contributed by atoms with E-state index < -0.39 is 4.92 Å². The van der Waals surface area contributed by atoms with Gasteiger partial charge in [-0.15, -0.1) is 0 Å². The van der Waals surface area contributed by atoms with Gasteiger partial charge in [0.05, 0.1) is 11.5 Å². The third-order valence-electron chi connectivity index (χ3n) is 2.32. The van der Waals surface area contributed by atoms with Crippen LogP contribution in [0.1, 0.15) is 23.2 Å². The number of benzene rings is 1. The summed E-state index contributed by atoms with van der Waals surface area (Å²) < 4.78 is 10.2. The van der Waals surface area contributed by atoms with Crippen LogP contribution in [-0.4, -0.2) is 31.5 Å². The monoisotopic (exact) mass is 253 g/mol. The third-order valence-corrected chi connectivity index (χ3v) is 2.32. The number of methoxy groups -OCH3 is 1. The molecular formula is C12H15NO5. The molecule has 0 aliphatic heterocycles. The van der Waals surface area contributed by atoms with Crippen molar-refractivity contribution in [3.05, 3.63) is 33.9 Å². The summed E-state index contributed by atoms with van der Waals surface area (Å²) in [6.45, 7) is 1.01. The molecule has 0 spiro atoms. The number of nitro groups is 1. The van der Waals surface area contributed by atoms with Crippen LogP contribution in [0.25, 0.3) is 0 Å². The summed E-state index contributed by atoms with van der Waals surface area (Å²) in [5, 5.41) is 10.8. The SMILES string of the molecule is COCCCCOc1ccc(C=O)cc1[N+](=O)[O-]. The Labute approximate surface area is 105 Å². The largest absolute Gasteiger partial charge is 0.487 e. The van der Waals surface area contributed by atoms with E-state index in [2.05, 4.69) is 0 Å². The normalized spacial score (nSPS) is 10.1. The van der Waals surface area contributed by atoms with Crippen LogP contribution in [-0.2, 0) is 4.74 Å². The quantitative estimate of drug-likeness (QED) is 0.307. The van der Waals surface area contributed by atoms with Crippen molar-refractivity contribution in [2.45, 2.75) is 12.8 Å². The minimum atomic E-state index is -0.558. The molecule has 0 saturated carbocycles. The van der Waals surface area contributed by atoms with Gasteiger partial charge in [0.2, 0.25) is 0 Å². The molecule has 1 aromatic rings. The summed E-state index contributed by atoms with van der Waals surface area (Å²) in [5.74, 6) is 0.183. The van der Waals surface area contributed by atoms with Crippen LogP contribution in [0.3, 0.4) is 0 Å². The van der Waals surface area contributed by atoms with Crippen molar-refractivity contribution in [1.29, 1.82) is 0 Å². The molecule has 0 aliphatic rings. The first-order chi connectivity index (χ1) is 8.69. The zero-order chi connectivity index (χ0) is 13.4. The van der Waals surface area contributed by atoms with Crippen molar-refractivity contribution in [2.75, 3.05) is 20.3 Å². The Kier molecular flexibility index (Phi) is 5.79. The van der Waals surface area contributed by atoms with E-state index in [9.17, 15) is 14.9 Å². The summed E-state index contributed by atoms with van der Waals surface area (Å²) in [5.41, 5.74) is 0.0692. The van der Waals surface area contributed by atoms with Gasteiger partial charge in [0.1, 0.15) is 6.29 Å². The van der Waals surface area contributed by atoms with Crippen LogP contribution in [0, 0.1) is 10.1 Å². The number of nitro benzene ring substituents is 1. The predicted octanol–water partition coefficient (Wildman–Crippen LogP) is 2.21. The molecule has 0 unspecified atom stereocenters. The van der Waals surface area contributed by atoms with Crippen molar-refractivity contribution >= 4 is 12.0 Å². The van der Waals surface area contributed by atoms with Gasteiger partial charge >= 0.3 is 5.69 Å². The molecule has 0 amide bonds. The summed E-state index contributed by atoms with van der Waals surface area (Å²) in [6.07, 6.45) is 2.15. The molecule has 6 heteroatoms. The summed E-state index contributed by atoms with van der Waals surface area (Å²) in [4.78, 5) is 20.8. The minimum absolute atomic E-state index is 0.183. The second-order valence-electron chi connectivity index (χ2n) is 3.65. The first-order valence-electron chi connectivity index (χ1n) is 5.54. The summed E-state index contributed by atoms with van der Waals surface area (Å²) in [7, 11) is 1.61. The van der Waals surface area contributed by atoms with Crippen molar-refractivity contribution in [3.8, 4) is 5.75 Å². The molecule has 18 heavy (non-hydrogen) atoms. The topological polar surface area (TPSA) is 78.7 Å². The van der Waals surface area contributed by atoms with E-state index in [-0.39, 0.29) is 17.0 Å². The van der Waals surface area contributed by atoms with Crippen LogP contribution in [0.4, 0.5) is 5.69 Å². The molecule has 0 radical (unpaired) electrons. The average Bonchev–Trinajstić information content (AvgIpc) is 2.38. The summed E-state index contributed by atoms with van der Waals surface area (Å²) >= 11 is 0. The van der Waals surface area contributed by atoms with E-state index >= 15 is 0 Å². The molecule has 1 rings (SSSR count). The zero-order valence-corrected chi connectivity index (χ0v) is 10.1. The van der Waals surface area contributed by atoms with Gasteiger partial charge in [0.15, 0.2) is 5.75 Å². The van der Waals surface area contributed by atoms with Crippen LogP contribution >= 0.6 is 0 Å². The van der Waals surface area contributed by atoms with Crippen LogP contribution in [0.5, 0.6) is 5.75 Å². The molecule has 0 N–H and O–H groups in total. The molecule has 6 nitrogen and oxygen atoms in total. The van der Waals surface area contributed by atoms with E-state index in [1.54, 1.807) is 7.11 Å². The van der Waals surface area contributed by atoms with Gasteiger partial charge in [-0.25, -0.2) is 0 Å². The van der Waals surface area contributed by atoms with Gasteiger partial charge in [-0.05, 0) is 25.0 Å². The Hall–Kier alpha value is -1.95. The fraction of sp³-hybridized carbons (Fsp3) is 0.417. The number of ether oxygens (including phenoxy) is 2. The summed E-state index contributed by atoms with van der Waals surface area (Å²) in [6, 6.07) is 4.14. The van der Waals surface area contributed by atoms with Crippen molar-refractivity contribution < 1.29 is 19.2 Å². The number of nitrogens with zero attached hydrogens (tertiary/aromatic N) is 1. The van der Waals surface area contributed by atoms with Crippen molar-refractivity contribution in [2.24, 2.45) is 0 Å². The number of carbonyl (C=O) groups is 1. The highest BCUT2D eigenvalue weighted by Crippen LogP contribution is 2.27. The Bertz CT molecular complexity index is 419. The molecule has 0 saturated heterocycles. The van der Waals surface area contributed by atoms with Gasteiger partial charge in [0, 0.05) is 25.3 Å². The van der Waals surface area contributed by atoms with E-state index in [1.165, 1.54) is 18.2 Å². The maximum Gasteiger partial charge on any atom is 0.311 e. The van der Waals surface area contributed by atoms with Crippen molar-refractivity contribution in [1.82, 2.24) is 0 Å². The zero-order valence-electron chi connectivity index (χ0n) is 10.1. The molecule has 0 bridgehead atoms. The lowest BCUT2D eigenvalue weighted by molar-refractivity contribution is -0.385. The smallest absolute Gasteiger partial charge is 0.311 e. The first-order valence-corrected chi connectivity index (χ1v) is 5.54. The molecule has 0 fully saturated rings. The third kappa shape index (κ3) is 4.14. The van der Waals surface area contributed by atoms with Crippen LogP contribution in [0.15, 0.2) is 18.2 Å². The van der Waals surface area contributed by atoms with Gasteiger partial charge in [0.25, 0.3) is 0 Å². The van der Waals surface area contributed by atoms with E-state index in [0.717, 1.165) is 12.8 Å². The number of carbonyl (C=O) groups excluding carboxylic acids is 1. The van der Waals surface area contributed by atoms with E-state index in [4.69, 9.17) is 9.47 Å². The Morgan fingerprint density at radius 1 is 1.33 bits per heavy atom. The van der Waals surface area contributed by atoms with E-state index in [1.807, 2.05) is 0 Å². The first kappa shape index (κ1) is 14.1. The standard InChI is InChI=1S/C12H15NO5/c1-17-6-2-3-7-18-12-5-4-10(9-14)8-11(12)13(15)16/h4-5,8-9H,2-3,6-7H2,1H3. The molecule has 0 heterocycles. The number of hydrogen-bond acceptors (Lipinski definition) is 5. The lowest BCUT2D eigenvalue weighted by Gasteiger charge is -2.06. The van der Waals surface area contributed by atoms with Gasteiger partial charge in [-0.2, -0.15) is 0 Å². The predicted molar refractivity (Wildman–Crippen MR) is 65.1 cm³/mol. The Balaban J connectivity index is 2.64. The van der Waals surface area contributed by atoms with Gasteiger partial charge in [-0.1, -0.05) is 0 Å². The highest BCUT2D eigenvalue weighted by Gasteiger charge is 2.15. The molecule has 1 aromatic carbocycles. The fourth-order valence-corrected chi connectivity index (χ4v) is 1.40. The highest BCUT2D eigenvalue weighted by molar-refractivity contribution is 5.77. The molecule has 0 aromatic heterocycles. The second-order valence-corrected chi connectivity index (χ2v) is 3.65. The number of unbranched alkanes of at least 4 members (excludes halogenated alkanes) is 1. The molecule has 0 aliphatic carbocycles. The van der Waals surface area contributed by atoms with Crippen LogP contribution < -0.4 is 4.74 Å². The average molecular weight is 253 g/mol. The Morgan fingerprint density at radius 2 is 2.06 bits per heavy atom. The molecule has 98 valence electrons. The second kappa shape index (κ2) is 7.39. The maximum atomic E-state index is 10.8. The molecular weight excluding hydrogens is 238 g/mol. The lowest BCUT2D eigenvalue weighted by Crippen LogP contribution is -2.02. The highest BCUT2D eigenvalue weighted by atomic mass is 16.6. The number of aldehydes is 1. The minimum Gasteiger partial charge on any atom is -0.487 e. The van der Waals surface area contributed by atoms with Gasteiger partial charge in [-0.3, -0.25) is 14.9 Å². The Morgan fingerprint density at radius 3 is 2.67 bits per heavy atom.